The van der Waals surface area contributed by atoms with Gasteiger partial charge >= 0.3 is 0 Å². The normalized spacial score (nSPS) is 18.6. The third kappa shape index (κ3) is 3.20. The topological polar surface area (TPSA) is 28.4 Å². The number of benzene rings is 1. The molecule has 0 radical (unpaired) electrons. The van der Waals surface area contributed by atoms with Crippen molar-refractivity contribution in [2.75, 3.05) is 24.5 Å². The van der Waals surface area contributed by atoms with Crippen molar-refractivity contribution in [3.63, 3.8) is 0 Å². The average Bonchev–Trinajstić information content (AvgIpc) is 3.11. The number of rotatable bonds is 5. The fraction of sp³-hybridized carbons (Fsp3) is 0.375. The standard InChI is InChI=1S/C16H19FN2O/c17-14-3-5-15(6-4-14)19-8-7-13(12-19)10-18-11-16-2-1-9-20-16/h1-6,9,13,18H,7-8,10-12H2. The maximum Gasteiger partial charge on any atom is 0.123 e. The SMILES string of the molecule is Fc1ccc(N2CCC(CNCc3ccco3)C2)cc1. The van der Waals surface area contributed by atoms with Gasteiger partial charge in [-0.15, -0.1) is 0 Å². The Hall–Kier alpha value is -1.81. The maximum absolute atomic E-state index is 12.9. The molecule has 1 atom stereocenters. The first-order chi connectivity index (χ1) is 9.81. The van der Waals surface area contributed by atoms with Crippen molar-refractivity contribution in [2.24, 2.45) is 5.92 Å². The molecule has 1 unspecified atom stereocenters. The second-order valence-corrected chi connectivity index (χ2v) is 5.29. The van der Waals surface area contributed by atoms with E-state index in [0.717, 1.165) is 37.6 Å². The Morgan fingerprint density at radius 1 is 1.25 bits per heavy atom. The third-order valence-corrected chi connectivity index (χ3v) is 3.79. The third-order valence-electron chi connectivity index (χ3n) is 3.79. The van der Waals surface area contributed by atoms with Crippen molar-refractivity contribution in [1.82, 2.24) is 5.32 Å². The van der Waals surface area contributed by atoms with Crippen molar-refractivity contribution in [3.05, 3.63) is 54.2 Å². The molecule has 20 heavy (non-hydrogen) atoms. The van der Waals surface area contributed by atoms with Crippen LogP contribution >= 0.6 is 0 Å². The predicted octanol–water partition coefficient (Wildman–Crippen LogP) is 3.03. The van der Waals surface area contributed by atoms with Gasteiger partial charge in [0, 0.05) is 25.3 Å². The molecule has 3 nitrogen and oxygen atoms in total. The van der Waals surface area contributed by atoms with Crippen LogP contribution in [0.4, 0.5) is 10.1 Å². The summed E-state index contributed by atoms with van der Waals surface area (Å²) < 4.78 is 18.2. The molecule has 106 valence electrons. The van der Waals surface area contributed by atoms with Gasteiger partial charge in [-0.05, 0) is 48.7 Å². The highest BCUT2D eigenvalue weighted by Crippen LogP contribution is 2.23. The molecular weight excluding hydrogens is 255 g/mol. The van der Waals surface area contributed by atoms with Gasteiger partial charge in [0.15, 0.2) is 0 Å². The van der Waals surface area contributed by atoms with Gasteiger partial charge in [-0.1, -0.05) is 0 Å². The van der Waals surface area contributed by atoms with Gasteiger partial charge in [0.2, 0.25) is 0 Å². The second-order valence-electron chi connectivity index (χ2n) is 5.29. The van der Waals surface area contributed by atoms with Gasteiger partial charge in [0.05, 0.1) is 12.8 Å². The van der Waals surface area contributed by atoms with Crippen molar-refractivity contribution >= 4 is 5.69 Å². The fourth-order valence-electron chi connectivity index (χ4n) is 2.70. The monoisotopic (exact) mass is 274 g/mol. The molecule has 1 saturated heterocycles. The molecule has 1 aliphatic rings. The lowest BCUT2D eigenvalue weighted by atomic mass is 10.1. The second kappa shape index (κ2) is 6.09. The Bertz CT molecular complexity index is 524. The summed E-state index contributed by atoms with van der Waals surface area (Å²) in [6, 6.07) is 10.6. The molecule has 3 rings (SSSR count). The van der Waals surface area contributed by atoms with E-state index in [2.05, 4.69) is 10.2 Å². The van der Waals surface area contributed by atoms with Crippen LogP contribution in [-0.4, -0.2) is 19.6 Å². The number of anilines is 1. The van der Waals surface area contributed by atoms with Gasteiger partial charge in [-0.25, -0.2) is 4.39 Å². The summed E-state index contributed by atoms with van der Waals surface area (Å²) in [5, 5.41) is 3.43. The van der Waals surface area contributed by atoms with Gasteiger partial charge in [-0.2, -0.15) is 0 Å². The molecule has 0 aliphatic carbocycles. The molecule has 0 bridgehead atoms. The minimum absolute atomic E-state index is 0.176. The van der Waals surface area contributed by atoms with E-state index in [1.807, 2.05) is 24.3 Å². The van der Waals surface area contributed by atoms with Crippen molar-refractivity contribution < 1.29 is 8.81 Å². The first-order valence-electron chi connectivity index (χ1n) is 7.05. The van der Waals surface area contributed by atoms with Gasteiger partial charge in [-0.3, -0.25) is 0 Å². The van der Waals surface area contributed by atoms with E-state index in [9.17, 15) is 4.39 Å². The summed E-state index contributed by atoms with van der Waals surface area (Å²) in [7, 11) is 0. The number of furan rings is 1. The van der Waals surface area contributed by atoms with E-state index < -0.39 is 0 Å². The Balaban J connectivity index is 1.46. The Kier molecular flexibility index (Phi) is 4.02. The summed E-state index contributed by atoms with van der Waals surface area (Å²) in [5.74, 6) is 1.43. The molecule has 1 aromatic carbocycles. The van der Waals surface area contributed by atoms with E-state index >= 15 is 0 Å². The zero-order chi connectivity index (χ0) is 13.8. The highest BCUT2D eigenvalue weighted by Gasteiger charge is 2.22. The molecule has 0 amide bonds. The van der Waals surface area contributed by atoms with Crippen LogP contribution in [0, 0.1) is 11.7 Å². The number of hydrogen-bond acceptors (Lipinski definition) is 3. The summed E-state index contributed by atoms with van der Waals surface area (Å²) in [4.78, 5) is 2.32. The largest absolute Gasteiger partial charge is 0.468 e. The summed E-state index contributed by atoms with van der Waals surface area (Å²) in [6.07, 6.45) is 2.87. The van der Waals surface area contributed by atoms with Crippen molar-refractivity contribution in [1.29, 1.82) is 0 Å². The van der Waals surface area contributed by atoms with E-state index in [4.69, 9.17) is 4.42 Å². The zero-order valence-corrected chi connectivity index (χ0v) is 11.4. The number of nitrogens with zero attached hydrogens (tertiary/aromatic N) is 1. The van der Waals surface area contributed by atoms with E-state index in [0.29, 0.717) is 5.92 Å². The Morgan fingerprint density at radius 2 is 2.10 bits per heavy atom. The van der Waals surface area contributed by atoms with Crippen molar-refractivity contribution in [3.8, 4) is 0 Å². The van der Waals surface area contributed by atoms with Gasteiger partial charge in [0.25, 0.3) is 0 Å². The van der Waals surface area contributed by atoms with E-state index in [1.165, 1.54) is 18.6 Å². The lowest BCUT2D eigenvalue weighted by Gasteiger charge is -2.18. The molecule has 1 aliphatic heterocycles. The van der Waals surface area contributed by atoms with Crippen LogP contribution in [0.2, 0.25) is 0 Å². The molecule has 0 saturated carbocycles. The van der Waals surface area contributed by atoms with Gasteiger partial charge < -0.3 is 14.6 Å². The molecule has 2 heterocycles. The van der Waals surface area contributed by atoms with Crippen LogP contribution < -0.4 is 10.2 Å². The summed E-state index contributed by atoms with van der Waals surface area (Å²) in [5.41, 5.74) is 1.11. The molecular formula is C16H19FN2O. The summed E-state index contributed by atoms with van der Waals surface area (Å²) >= 11 is 0. The van der Waals surface area contributed by atoms with E-state index in [1.54, 1.807) is 6.26 Å². The predicted molar refractivity (Wildman–Crippen MR) is 77.1 cm³/mol. The minimum Gasteiger partial charge on any atom is -0.468 e. The first kappa shape index (κ1) is 13.2. The van der Waals surface area contributed by atoms with Crippen molar-refractivity contribution in [2.45, 2.75) is 13.0 Å². The molecule has 2 aromatic rings. The minimum atomic E-state index is -0.176. The van der Waals surface area contributed by atoms with Crippen LogP contribution in [0.3, 0.4) is 0 Å². The molecule has 4 heteroatoms. The summed E-state index contributed by atoms with van der Waals surface area (Å²) in [6.45, 7) is 3.83. The molecule has 1 aromatic heterocycles. The quantitative estimate of drug-likeness (QED) is 0.908. The number of nitrogens with one attached hydrogen (secondary N) is 1. The first-order valence-corrected chi connectivity index (χ1v) is 7.05. The van der Waals surface area contributed by atoms with Gasteiger partial charge in [0.1, 0.15) is 11.6 Å². The molecule has 1 N–H and O–H groups in total. The lowest BCUT2D eigenvalue weighted by Crippen LogP contribution is -2.26. The van der Waals surface area contributed by atoms with Crippen LogP contribution in [0.25, 0.3) is 0 Å². The Labute approximate surface area is 118 Å². The molecule has 1 fully saturated rings. The van der Waals surface area contributed by atoms with E-state index in [-0.39, 0.29) is 5.82 Å². The highest BCUT2D eigenvalue weighted by molar-refractivity contribution is 5.47. The van der Waals surface area contributed by atoms with Crippen LogP contribution in [-0.2, 0) is 6.54 Å². The highest BCUT2D eigenvalue weighted by atomic mass is 19.1. The number of halogens is 1. The molecule has 0 spiro atoms. The van der Waals surface area contributed by atoms with Crippen LogP contribution in [0.15, 0.2) is 47.1 Å². The lowest BCUT2D eigenvalue weighted by molar-refractivity contribution is 0.454. The fourth-order valence-corrected chi connectivity index (χ4v) is 2.70. The average molecular weight is 274 g/mol. The van der Waals surface area contributed by atoms with Crippen LogP contribution in [0.5, 0.6) is 0 Å². The smallest absolute Gasteiger partial charge is 0.123 e. The van der Waals surface area contributed by atoms with Crippen LogP contribution in [0.1, 0.15) is 12.2 Å². The zero-order valence-electron chi connectivity index (χ0n) is 11.4. The number of hydrogen-bond donors (Lipinski definition) is 1. The maximum atomic E-state index is 12.9. The Morgan fingerprint density at radius 3 is 2.85 bits per heavy atom.